The number of carbonyl (C=O) groups is 2. The van der Waals surface area contributed by atoms with Crippen molar-refractivity contribution in [2.75, 3.05) is 23.5 Å². The number of anilines is 1. The molecule has 160 valence electrons. The highest BCUT2D eigenvalue weighted by molar-refractivity contribution is 7.99. The molecule has 1 saturated heterocycles. The largest absolute Gasteiger partial charge is 0.354 e. The third-order valence-corrected chi connectivity index (χ3v) is 6.45. The first-order valence-electron chi connectivity index (χ1n) is 9.04. The highest BCUT2D eigenvalue weighted by atomic mass is 32.2. The third kappa shape index (κ3) is 5.71. The molecule has 0 radical (unpaired) electrons. The zero-order chi connectivity index (χ0) is 21.7. The second-order valence-corrected chi connectivity index (χ2v) is 9.21. The van der Waals surface area contributed by atoms with Crippen LogP contribution in [0.4, 0.5) is 14.9 Å². The number of carbonyl (C=O) groups excluding carboxylic acids is 2. The highest BCUT2D eigenvalue weighted by Crippen LogP contribution is 2.22. The van der Waals surface area contributed by atoms with E-state index in [-0.39, 0.29) is 10.8 Å². The number of nitrogens with two attached hydrogens (primary N) is 1. The van der Waals surface area contributed by atoms with Gasteiger partial charge in [0.1, 0.15) is 11.9 Å². The highest BCUT2D eigenvalue weighted by Gasteiger charge is 2.34. The molecule has 1 aliphatic rings. The second kappa shape index (κ2) is 9.45. The Morgan fingerprint density at radius 1 is 1.13 bits per heavy atom. The Balaban J connectivity index is 1.51. The van der Waals surface area contributed by atoms with Crippen LogP contribution in [0.25, 0.3) is 0 Å². The summed E-state index contributed by atoms with van der Waals surface area (Å²) in [5.41, 5.74) is 1.29. The van der Waals surface area contributed by atoms with Crippen molar-refractivity contribution < 1.29 is 22.4 Å². The van der Waals surface area contributed by atoms with E-state index >= 15 is 0 Å². The van der Waals surface area contributed by atoms with E-state index in [2.05, 4.69) is 10.6 Å². The van der Waals surface area contributed by atoms with Crippen LogP contribution in [0, 0.1) is 5.82 Å². The zero-order valence-electron chi connectivity index (χ0n) is 15.9. The van der Waals surface area contributed by atoms with Gasteiger partial charge in [0.05, 0.1) is 10.8 Å². The number of hydrogen-bond acceptors (Lipinski definition) is 5. The number of halogens is 1. The van der Waals surface area contributed by atoms with Crippen LogP contribution in [0.1, 0.15) is 5.56 Å². The molecule has 3 rings (SSSR count). The average molecular weight is 453 g/mol. The molecule has 30 heavy (non-hydrogen) atoms. The first-order valence-corrected chi connectivity index (χ1v) is 11.7. The smallest absolute Gasteiger partial charge is 0.323 e. The van der Waals surface area contributed by atoms with Crippen LogP contribution in [-0.2, 0) is 21.2 Å². The van der Waals surface area contributed by atoms with E-state index in [1.54, 1.807) is 12.1 Å². The van der Waals surface area contributed by atoms with Gasteiger partial charge in [0.25, 0.3) is 0 Å². The lowest BCUT2D eigenvalue weighted by atomic mass is 10.1. The fourth-order valence-electron chi connectivity index (χ4n) is 2.88. The number of thioether (sulfide) groups is 1. The molecule has 0 unspecified atom stereocenters. The molecule has 0 aliphatic carbocycles. The normalized spacial score (nSPS) is 16.3. The van der Waals surface area contributed by atoms with Crippen molar-refractivity contribution in [2.45, 2.75) is 17.4 Å². The summed E-state index contributed by atoms with van der Waals surface area (Å²) in [4.78, 5) is 26.5. The number of benzene rings is 2. The molecular weight excluding hydrogens is 431 g/mol. The van der Waals surface area contributed by atoms with Gasteiger partial charge in [-0.3, -0.25) is 4.79 Å². The topological polar surface area (TPSA) is 122 Å². The first-order chi connectivity index (χ1) is 14.2. The van der Waals surface area contributed by atoms with Crippen molar-refractivity contribution in [1.29, 1.82) is 0 Å². The van der Waals surface area contributed by atoms with Gasteiger partial charge in [0.15, 0.2) is 0 Å². The second-order valence-electron chi connectivity index (χ2n) is 6.65. The van der Waals surface area contributed by atoms with Crippen LogP contribution in [0.15, 0.2) is 53.4 Å². The van der Waals surface area contributed by atoms with Crippen LogP contribution in [0.3, 0.4) is 0 Å². The Morgan fingerprint density at radius 2 is 1.80 bits per heavy atom. The monoisotopic (exact) mass is 452 g/mol. The van der Waals surface area contributed by atoms with E-state index in [0.29, 0.717) is 30.3 Å². The number of nitrogens with one attached hydrogen (secondary N) is 2. The minimum Gasteiger partial charge on any atom is -0.354 e. The van der Waals surface area contributed by atoms with Crippen molar-refractivity contribution in [3.05, 3.63) is 59.9 Å². The lowest BCUT2D eigenvalue weighted by Gasteiger charge is -2.23. The van der Waals surface area contributed by atoms with E-state index in [4.69, 9.17) is 5.14 Å². The van der Waals surface area contributed by atoms with Gasteiger partial charge in [-0.05, 0) is 48.4 Å². The molecule has 0 spiro atoms. The van der Waals surface area contributed by atoms with Crippen molar-refractivity contribution in [3.63, 3.8) is 0 Å². The molecule has 0 aromatic heterocycles. The van der Waals surface area contributed by atoms with Gasteiger partial charge in [-0.15, -0.1) is 11.8 Å². The molecular formula is C19H21FN4O4S2. The maximum atomic E-state index is 13.0. The molecule has 2 aromatic rings. The number of rotatable bonds is 6. The van der Waals surface area contributed by atoms with Crippen molar-refractivity contribution in [1.82, 2.24) is 10.2 Å². The van der Waals surface area contributed by atoms with Crippen molar-refractivity contribution >= 4 is 39.4 Å². The number of hydrogen-bond donors (Lipinski definition) is 3. The molecule has 11 heteroatoms. The molecule has 0 bridgehead atoms. The van der Waals surface area contributed by atoms with Crippen LogP contribution in [0.5, 0.6) is 0 Å². The zero-order valence-corrected chi connectivity index (χ0v) is 17.5. The fourth-order valence-corrected chi connectivity index (χ4v) is 4.55. The Bertz CT molecular complexity index is 1010. The average Bonchev–Trinajstić information content (AvgIpc) is 3.19. The molecule has 1 fully saturated rings. The summed E-state index contributed by atoms with van der Waals surface area (Å²) in [5, 5.41) is 10.5. The summed E-state index contributed by atoms with van der Waals surface area (Å²) < 4.78 is 35.5. The van der Waals surface area contributed by atoms with Gasteiger partial charge in [0, 0.05) is 18.0 Å². The maximum absolute atomic E-state index is 13.0. The summed E-state index contributed by atoms with van der Waals surface area (Å²) in [7, 11) is -3.74. The summed E-state index contributed by atoms with van der Waals surface area (Å²) in [5.74, 6) is 0.183. The SMILES string of the molecule is NS(=O)(=O)c1ccc(CCNC(=O)[C@@H]2CSCN2C(=O)Nc2ccc(F)cc2)cc1. The number of sulfonamides is 1. The molecule has 8 nitrogen and oxygen atoms in total. The Labute approximate surface area is 178 Å². The predicted octanol–water partition coefficient (Wildman–Crippen LogP) is 1.74. The number of nitrogens with zero attached hydrogens (tertiary/aromatic N) is 1. The Morgan fingerprint density at radius 3 is 2.43 bits per heavy atom. The summed E-state index contributed by atoms with van der Waals surface area (Å²) >= 11 is 1.47. The number of primary sulfonamides is 1. The minimum absolute atomic E-state index is 0.0288. The number of amides is 3. The van der Waals surface area contributed by atoms with Gasteiger partial charge >= 0.3 is 6.03 Å². The molecule has 1 atom stereocenters. The molecule has 4 N–H and O–H groups in total. The van der Waals surface area contributed by atoms with Gasteiger partial charge in [-0.2, -0.15) is 0 Å². The summed E-state index contributed by atoms with van der Waals surface area (Å²) in [6, 6.07) is 10.5. The fraction of sp³-hybridized carbons (Fsp3) is 0.263. The molecule has 3 amide bonds. The van der Waals surface area contributed by atoms with E-state index in [1.807, 2.05) is 0 Å². The van der Waals surface area contributed by atoms with Crippen LogP contribution < -0.4 is 15.8 Å². The quantitative estimate of drug-likeness (QED) is 0.616. The molecule has 2 aromatic carbocycles. The van der Waals surface area contributed by atoms with Gasteiger partial charge in [0.2, 0.25) is 15.9 Å². The Kier molecular flexibility index (Phi) is 6.95. The lowest BCUT2D eigenvalue weighted by molar-refractivity contribution is -0.124. The van der Waals surface area contributed by atoms with Gasteiger partial charge in [-0.1, -0.05) is 12.1 Å². The van der Waals surface area contributed by atoms with Gasteiger partial charge < -0.3 is 15.5 Å². The van der Waals surface area contributed by atoms with E-state index in [0.717, 1.165) is 5.56 Å². The minimum atomic E-state index is -3.74. The molecule has 1 aliphatic heterocycles. The summed E-state index contributed by atoms with van der Waals surface area (Å²) in [6.07, 6.45) is 0.498. The first kappa shape index (κ1) is 22.1. The van der Waals surface area contributed by atoms with Crippen LogP contribution in [0.2, 0.25) is 0 Å². The molecule has 0 saturated carbocycles. The number of urea groups is 1. The standard InChI is InChI=1S/C19H21FN4O4S2/c20-14-3-5-15(6-4-14)23-19(26)24-12-29-11-17(24)18(25)22-10-9-13-1-7-16(8-2-13)30(21,27)28/h1-8,17H,9-12H2,(H,22,25)(H,23,26)(H2,21,27,28)/t17-/m0/s1. The third-order valence-electron chi connectivity index (χ3n) is 4.51. The van der Waals surface area contributed by atoms with Crippen LogP contribution in [-0.4, -0.2) is 49.5 Å². The van der Waals surface area contributed by atoms with Gasteiger partial charge in [-0.25, -0.2) is 22.7 Å². The molecule has 1 heterocycles. The summed E-state index contributed by atoms with van der Waals surface area (Å²) in [6.45, 7) is 0.335. The maximum Gasteiger partial charge on any atom is 0.323 e. The van der Waals surface area contributed by atoms with E-state index < -0.39 is 27.9 Å². The lowest BCUT2D eigenvalue weighted by Crippen LogP contribution is -2.49. The van der Waals surface area contributed by atoms with E-state index in [9.17, 15) is 22.4 Å². The van der Waals surface area contributed by atoms with Crippen molar-refractivity contribution in [3.8, 4) is 0 Å². The predicted molar refractivity (Wildman–Crippen MR) is 113 cm³/mol. The van der Waals surface area contributed by atoms with Crippen molar-refractivity contribution in [2.24, 2.45) is 5.14 Å². The van der Waals surface area contributed by atoms with E-state index in [1.165, 1.54) is 53.1 Å². The van der Waals surface area contributed by atoms with Crippen LogP contribution >= 0.6 is 11.8 Å². The Hall–Kier alpha value is -2.63.